The van der Waals surface area contributed by atoms with E-state index in [1.165, 1.54) is 10.4 Å². The lowest BCUT2D eigenvalue weighted by atomic mass is 10.1. The molecule has 1 aromatic carbocycles. The van der Waals surface area contributed by atoms with Crippen molar-refractivity contribution < 1.29 is 18.3 Å². The van der Waals surface area contributed by atoms with Crippen LogP contribution in [0.4, 0.5) is 0 Å². The van der Waals surface area contributed by atoms with Crippen LogP contribution in [0.3, 0.4) is 0 Å². The van der Waals surface area contributed by atoms with Gasteiger partial charge in [-0.05, 0) is 31.0 Å². The summed E-state index contributed by atoms with van der Waals surface area (Å²) < 4.78 is 26.2. The maximum atomic E-state index is 12.5. The Morgan fingerprint density at radius 2 is 2.20 bits per heavy atom. The predicted octanol–water partition coefficient (Wildman–Crippen LogP) is 0.962. The van der Waals surface area contributed by atoms with E-state index in [0.717, 1.165) is 0 Å². The second-order valence-electron chi connectivity index (χ2n) is 4.78. The van der Waals surface area contributed by atoms with E-state index in [4.69, 9.17) is 10.4 Å². The summed E-state index contributed by atoms with van der Waals surface area (Å²) in [6.07, 6.45) is 0.311. The average molecular weight is 294 g/mol. The fraction of sp³-hybridized carbons (Fsp3) is 0.385. The molecule has 1 aliphatic rings. The topological polar surface area (TPSA) is 98.5 Å². The molecule has 0 saturated carbocycles. The van der Waals surface area contributed by atoms with Crippen LogP contribution in [0, 0.1) is 24.2 Å². The van der Waals surface area contributed by atoms with Crippen molar-refractivity contribution in [1.29, 1.82) is 5.26 Å². The Kier molecular flexibility index (Phi) is 3.79. The Morgan fingerprint density at radius 1 is 1.50 bits per heavy atom. The number of nitriles is 1. The van der Waals surface area contributed by atoms with Gasteiger partial charge >= 0.3 is 5.97 Å². The summed E-state index contributed by atoms with van der Waals surface area (Å²) in [4.78, 5) is 11.0. The van der Waals surface area contributed by atoms with E-state index in [1.807, 2.05) is 6.07 Å². The Morgan fingerprint density at radius 3 is 2.75 bits per heavy atom. The van der Waals surface area contributed by atoms with E-state index in [1.54, 1.807) is 19.1 Å². The highest BCUT2D eigenvalue weighted by Crippen LogP contribution is 2.27. The monoisotopic (exact) mass is 294 g/mol. The molecule has 1 fully saturated rings. The summed E-state index contributed by atoms with van der Waals surface area (Å²) in [7, 11) is -3.75. The van der Waals surface area contributed by atoms with Crippen molar-refractivity contribution in [2.24, 2.45) is 5.92 Å². The zero-order valence-electron chi connectivity index (χ0n) is 10.9. The SMILES string of the molecule is Cc1ccc(C#N)cc1S(=O)(=O)N1CC[C@@H](C(=O)O)C1. The minimum atomic E-state index is -3.75. The van der Waals surface area contributed by atoms with Crippen molar-refractivity contribution in [3.63, 3.8) is 0 Å². The Balaban J connectivity index is 2.37. The largest absolute Gasteiger partial charge is 0.481 e. The molecule has 0 unspecified atom stereocenters. The highest BCUT2D eigenvalue weighted by molar-refractivity contribution is 7.89. The third kappa shape index (κ3) is 2.53. The van der Waals surface area contributed by atoms with Gasteiger partial charge in [0.1, 0.15) is 0 Å². The molecule has 1 saturated heterocycles. The normalized spacial score (nSPS) is 19.7. The van der Waals surface area contributed by atoms with Crippen LogP contribution in [0.25, 0.3) is 0 Å². The van der Waals surface area contributed by atoms with E-state index in [9.17, 15) is 13.2 Å². The van der Waals surface area contributed by atoms with E-state index in [-0.39, 0.29) is 23.5 Å². The van der Waals surface area contributed by atoms with E-state index in [0.29, 0.717) is 12.0 Å². The Bertz CT molecular complexity index is 691. The van der Waals surface area contributed by atoms with Crippen LogP contribution >= 0.6 is 0 Å². The summed E-state index contributed by atoms with van der Waals surface area (Å²) in [5.41, 5.74) is 0.811. The van der Waals surface area contributed by atoms with Gasteiger partial charge in [0.05, 0.1) is 22.4 Å². The third-order valence-electron chi connectivity index (χ3n) is 3.44. The Hall–Kier alpha value is -1.91. The number of rotatable bonds is 3. The summed E-state index contributed by atoms with van der Waals surface area (Å²) in [6.45, 7) is 1.82. The second kappa shape index (κ2) is 5.23. The van der Waals surface area contributed by atoms with Crippen molar-refractivity contribution in [2.75, 3.05) is 13.1 Å². The fourth-order valence-electron chi connectivity index (χ4n) is 2.23. The van der Waals surface area contributed by atoms with E-state index in [2.05, 4.69) is 0 Å². The van der Waals surface area contributed by atoms with Gasteiger partial charge in [-0.3, -0.25) is 4.79 Å². The highest BCUT2D eigenvalue weighted by atomic mass is 32.2. The third-order valence-corrected chi connectivity index (χ3v) is 5.44. The number of aliphatic carboxylic acids is 1. The smallest absolute Gasteiger partial charge is 0.307 e. The molecule has 0 radical (unpaired) electrons. The van der Waals surface area contributed by atoms with Gasteiger partial charge in [0.15, 0.2) is 0 Å². The quantitative estimate of drug-likeness (QED) is 0.895. The van der Waals surface area contributed by atoms with Gasteiger partial charge in [-0.2, -0.15) is 9.57 Å². The van der Waals surface area contributed by atoms with Crippen LogP contribution in [-0.2, 0) is 14.8 Å². The van der Waals surface area contributed by atoms with Crippen LogP contribution in [0.5, 0.6) is 0 Å². The zero-order chi connectivity index (χ0) is 14.9. The average Bonchev–Trinajstić information content (AvgIpc) is 2.89. The number of sulfonamides is 1. The van der Waals surface area contributed by atoms with Gasteiger partial charge in [0.25, 0.3) is 0 Å². The zero-order valence-corrected chi connectivity index (χ0v) is 11.7. The summed E-state index contributed by atoms with van der Waals surface area (Å²) in [5, 5.41) is 17.8. The van der Waals surface area contributed by atoms with Gasteiger partial charge in [0, 0.05) is 13.1 Å². The summed E-state index contributed by atoms with van der Waals surface area (Å²) in [5.74, 6) is -1.64. The maximum absolute atomic E-state index is 12.5. The van der Waals surface area contributed by atoms with Crippen LogP contribution in [0.15, 0.2) is 23.1 Å². The van der Waals surface area contributed by atoms with Crippen LogP contribution < -0.4 is 0 Å². The number of carbonyl (C=O) groups is 1. The first-order chi connectivity index (χ1) is 9.36. The van der Waals surface area contributed by atoms with Crippen LogP contribution in [-0.4, -0.2) is 36.9 Å². The fourth-order valence-corrected chi connectivity index (χ4v) is 3.99. The number of aryl methyl sites for hydroxylation is 1. The molecule has 20 heavy (non-hydrogen) atoms. The van der Waals surface area contributed by atoms with Gasteiger partial charge in [-0.1, -0.05) is 6.07 Å². The summed E-state index contributed by atoms with van der Waals surface area (Å²) >= 11 is 0. The predicted molar refractivity (Wildman–Crippen MR) is 70.4 cm³/mol. The van der Waals surface area contributed by atoms with E-state index >= 15 is 0 Å². The molecule has 0 spiro atoms. The van der Waals surface area contributed by atoms with Crippen molar-refractivity contribution in [1.82, 2.24) is 4.31 Å². The van der Waals surface area contributed by atoms with Crippen molar-refractivity contribution in [2.45, 2.75) is 18.2 Å². The van der Waals surface area contributed by atoms with E-state index < -0.39 is 21.9 Å². The van der Waals surface area contributed by atoms with Gasteiger partial charge < -0.3 is 5.11 Å². The lowest BCUT2D eigenvalue weighted by Crippen LogP contribution is -2.30. The minimum Gasteiger partial charge on any atom is -0.481 e. The molecule has 1 atom stereocenters. The molecule has 106 valence electrons. The first-order valence-electron chi connectivity index (χ1n) is 6.10. The molecular weight excluding hydrogens is 280 g/mol. The number of hydrogen-bond acceptors (Lipinski definition) is 4. The number of carboxylic acid groups (broad SMARTS) is 1. The van der Waals surface area contributed by atoms with Crippen molar-refractivity contribution in [3.8, 4) is 6.07 Å². The van der Waals surface area contributed by atoms with Crippen molar-refractivity contribution in [3.05, 3.63) is 29.3 Å². The molecule has 2 rings (SSSR count). The lowest BCUT2D eigenvalue weighted by molar-refractivity contribution is -0.141. The number of benzene rings is 1. The molecule has 7 heteroatoms. The number of carboxylic acids is 1. The van der Waals surface area contributed by atoms with Crippen LogP contribution in [0.2, 0.25) is 0 Å². The first-order valence-corrected chi connectivity index (χ1v) is 7.54. The maximum Gasteiger partial charge on any atom is 0.307 e. The van der Waals surface area contributed by atoms with Gasteiger partial charge in [-0.15, -0.1) is 0 Å². The molecule has 0 aliphatic carbocycles. The minimum absolute atomic E-state index is 0.0200. The van der Waals surface area contributed by atoms with Crippen molar-refractivity contribution >= 4 is 16.0 Å². The standard InChI is InChI=1S/C13H14N2O4S/c1-9-2-3-10(7-14)6-12(9)20(18,19)15-5-4-11(8-15)13(16)17/h2-3,6,11H,4-5,8H2,1H3,(H,16,17)/t11-/m1/s1. The molecule has 1 heterocycles. The molecule has 0 bridgehead atoms. The van der Waals surface area contributed by atoms with Gasteiger partial charge in [0.2, 0.25) is 10.0 Å². The molecular formula is C13H14N2O4S. The van der Waals surface area contributed by atoms with Crippen LogP contribution in [0.1, 0.15) is 17.5 Å². The highest BCUT2D eigenvalue weighted by Gasteiger charge is 2.36. The van der Waals surface area contributed by atoms with Gasteiger partial charge in [-0.25, -0.2) is 8.42 Å². The number of hydrogen-bond donors (Lipinski definition) is 1. The molecule has 1 aliphatic heterocycles. The first kappa shape index (κ1) is 14.5. The molecule has 0 amide bonds. The molecule has 0 aromatic heterocycles. The molecule has 6 nitrogen and oxygen atoms in total. The lowest BCUT2D eigenvalue weighted by Gasteiger charge is -2.17. The molecule has 1 aromatic rings. The molecule has 1 N–H and O–H groups in total. The second-order valence-corrected chi connectivity index (χ2v) is 6.69. The number of nitrogens with zero attached hydrogens (tertiary/aromatic N) is 2. The summed E-state index contributed by atoms with van der Waals surface area (Å²) in [6, 6.07) is 6.37. The Labute approximate surface area is 117 Å².